The van der Waals surface area contributed by atoms with Gasteiger partial charge in [-0.15, -0.1) is 0 Å². The van der Waals surface area contributed by atoms with Crippen molar-refractivity contribution in [2.75, 3.05) is 18.8 Å². The number of nitrogens with one attached hydrogen (secondary N) is 1. The van der Waals surface area contributed by atoms with Crippen molar-refractivity contribution in [1.29, 1.82) is 0 Å². The molecule has 0 radical (unpaired) electrons. The fourth-order valence-electron chi connectivity index (χ4n) is 2.15. The number of aromatic nitrogens is 2. The van der Waals surface area contributed by atoms with E-state index in [1.54, 1.807) is 0 Å². The average molecular weight is 253 g/mol. The summed E-state index contributed by atoms with van der Waals surface area (Å²) in [5.74, 6) is 1.17. The zero-order valence-electron chi connectivity index (χ0n) is 10.4. The monoisotopic (exact) mass is 253 g/mol. The Bertz CT molecular complexity index is 396. The summed E-state index contributed by atoms with van der Waals surface area (Å²) in [6, 6.07) is 1.91. The molecule has 0 aromatic carbocycles. The standard InChI is InChI=1S/C12H19N3OS/c1-9-6-10(2)15-12(14-9)17(16)8-11-4-3-5-13-7-11/h6,11,13H,3-5,7-8H2,1-2H3/t11-,17+/m1/s1. The Morgan fingerprint density at radius 1 is 1.41 bits per heavy atom. The molecule has 0 aliphatic carbocycles. The van der Waals surface area contributed by atoms with Crippen molar-refractivity contribution in [2.45, 2.75) is 31.8 Å². The summed E-state index contributed by atoms with van der Waals surface area (Å²) in [6.45, 7) is 5.88. The molecule has 4 nitrogen and oxygen atoms in total. The number of hydrogen-bond donors (Lipinski definition) is 1. The lowest BCUT2D eigenvalue weighted by Crippen LogP contribution is -2.32. The van der Waals surface area contributed by atoms with Crippen LogP contribution < -0.4 is 5.32 Å². The molecular weight excluding hydrogens is 234 g/mol. The highest BCUT2D eigenvalue weighted by atomic mass is 32.2. The van der Waals surface area contributed by atoms with Crippen molar-refractivity contribution in [2.24, 2.45) is 5.92 Å². The number of hydrogen-bond acceptors (Lipinski definition) is 4. The molecule has 0 bridgehead atoms. The van der Waals surface area contributed by atoms with Gasteiger partial charge in [-0.25, -0.2) is 9.97 Å². The van der Waals surface area contributed by atoms with Gasteiger partial charge in [0.2, 0.25) is 5.16 Å². The molecule has 1 aromatic rings. The lowest BCUT2D eigenvalue weighted by Gasteiger charge is -2.21. The van der Waals surface area contributed by atoms with Gasteiger partial charge in [0.05, 0.1) is 10.8 Å². The maximum Gasteiger partial charge on any atom is 0.218 e. The van der Waals surface area contributed by atoms with Crippen LogP contribution in [-0.2, 0) is 10.8 Å². The summed E-state index contributed by atoms with van der Waals surface area (Å²) in [6.07, 6.45) is 2.33. The molecule has 2 rings (SSSR count). The fourth-order valence-corrected chi connectivity index (χ4v) is 3.50. The third-order valence-electron chi connectivity index (χ3n) is 2.95. The number of piperidine rings is 1. The molecule has 1 fully saturated rings. The molecule has 1 aliphatic heterocycles. The van der Waals surface area contributed by atoms with Gasteiger partial charge >= 0.3 is 0 Å². The molecule has 17 heavy (non-hydrogen) atoms. The Labute approximate surface area is 105 Å². The van der Waals surface area contributed by atoms with Crippen molar-refractivity contribution in [1.82, 2.24) is 15.3 Å². The number of nitrogens with zero attached hydrogens (tertiary/aromatic N) is 2. The van der Waals surface area contributed by atoms with Gasteiger partial charge in [0.15, 0.2) is 0 Å². The van der Waals surface area contributed by atoms with Gasteiger partial charge in [0.1, 0.15) is 0 Å². The second-order valence-electron chi connectivity index (χ2n) is 4.66. The first-order valence-electron chi connectivity index (χ1n) is 6.06. The number of aryl methyl sites for hydroxylation is 2. The van der Waals surface area contributed by atoms with Gasteiger partial charge in [-0.3, -0.25) is 4.21 Å². The minimum atomic E-state index is -1.06. The normalized spacial score (nSPS) is 22.4. The van der Waals surface area contributed by atoms with Crippen LogP contribution in [0.15, 0.2) is 11.2 Å². The first-order chi connectivity index (χ1) is 8.15. The van der Waals surface area contributed by atoms with Gasteiger partial charge in [-0.1, -0.05) is 0 Å². The summed E-state index contributed by atoms with van der Waals surface area (Å²) >= 11 is 0. The maximum atomic E-state index is 12.2. The summed E-state index contributed by atoms with van der Waals surface area (Å²) in [5, 5.41) is 3.83. The van der Waals surface area contributed by atoms with E-state index in [-0.39, 0.29) is 0 Å². The third kappa shape index (κ3) is 3.57. The molecule has 94 valence electrons. The summed E-state index contributed by atoms with van der Waals surface area (Å²) in [5.41, 5.74) is 1.78. The molecule has 0 spiro atoms. The second kappa shape index (κ2) is 5.69. The lowest BCUT2D eigenvalue weighted by molar-refractivity contribution is 0.407. The molecule has 1 N–H and O–H groups in total. The Hall–Kier alpha value is -0.810. The van der Waals surface area contributed by atoms with Crippen LogP contribution in [0, 0.1) is 19.8 Å². The Morgan fingerprint density at radius 3 is 2.71 bits per heavy atom. The Balaban J connectivity index is 2.03. The lowest BCUT2D eigenvalue weighted by atomic mass is 10.0. The second-order valence-corrected chi connectivity index (χ2v) is 6.05. The van der Waals surface area contributed by atoms with E-state index in [0.29, 0.717) is 16.8 Å². The van der Waals surface area contributed by atoms with Crippen LogP contribution in [0.5, 0.6) is 0 Å². The van der Waals surface area contributed by atoms with E-state index in [2.05, 4.69) is 15.3 Å². The maximum absolute atomic E-state index is 12.2. The molecular formula is C12H19N3OS. The molecule has 2 atom stereocenters. The van der Waals surface area contributed by atoms with Crippen molar-refractivity contribution in [3.05, 3.63) is 17.5 Å². The van der Waals surface area contributed by atoms with Crippen molar-refractivity contribution < 1.29 is 4.21 Å². The van der Waals surface area contributed by atoms with Gasteiger partial charge < -0.3 is 5.32 Å². The Morgan fingerprint density at radius 2 is 2.12 bits per heavy atom. The Kier molecular flexibility index (Phi) is 4.23. The molecule has 1 aromatic heterocycles. The zero-order chi connectivity index (χ0) is 12.3. The van der Waals surface area contributed by atoms with Crippen LogP contribution in [0.1, 0.15) is 24.2 Å². The first kappa shape index (κ1) is 12.6. The highest BCUT2D eigenvalue weighted by molar-refractivity contribution is 7.84. The van der Waals surface area contributed by atoms with Gasteiger partial charge in [0.25, 0.3) is 0 Å². The van der Waals surface area contributed by atoms with Crippen LogP contribution >= 0.6 is 0 Å². The molecule has 0 unspecified atom stereocenters. The molecule has 1 aliphatic rings. The topological polar surface area (TPSA) is 54.9 Å². The molecule has 0 saturated carbocycles. The fraction of sp³-hybridized carbons (Fsp3) is 0.667. The quantitative estimate of drug-likeness (QED) is 0.822. The van der Waals surface area contributed by atoms with Gasteiger partial charge in [0, 0.05) is 17.1 Å². The SMILES string of the molecule is Cc1cc(C)nc([S@@](=O)C[C@@H]2CCCNC2)n1. The molecule has 1 saturated heterocycles. The predicted molar refractivity (Wildman–Crippen MR) is 68.4 cm³/mol. The van der Waals surface area contributed by atoms with Crippen LogP contribution in [0.2, 0.25) is 0 Å². The predicted octanol–water partition coefficient (Wildman–Crippen LogP) is 1.20. The summed E-state index contributed by atoms with van der Waals surface area (Å²) < 4.78 is 12.2. The van der Waals surface area contributed by atoms with Crippen molar-refractivity contribution in [3.8, 4) is 0 Å². The summed E-state index contributed by atoms with van der Waals surface area (Å²) in [7, 11) is -1.06. The van der Waals surface area contributed by atoms with Crippen LogP contribution in [0.25, 0.3) is 0 Å². The van der Waals surface area contributed by atoms with Gasteiger partial charge in [-0.05, 0) is 51.8 Å². The summed E-state index contributed by atoms with van der Waals surface area (Å²) in [4.78, 5) is 8.54. The zero-order valence-corrected chi connectivity index (χ0v) is 11.2. The first-order valence-corrected chi connectivity index (χ1v) is 7.38. The third-order valence-corrected chi connectivity index (χ3v) is 4.32. The smallest absolute Gasteiger partial charge is 0.218 e. The minimum absolute atomic E-state index is 0.494. The average Bonchev–Trinajstić information content (AvgIpc) is 2.29. The van der Waals surface area contributed by atoms with Gasteiger partial charge in [-0.2, -0.15) is 0 Å². The molecule has 0 amide bonds. The van der Waals surface area contributed by atoms with E-state index >= 15 is 0 Å². The van der Waals surface area contributed by atoms with E-state index in [1.807, 2.05) is 19.9 Å². The number of rotatable bonds is 3. The van der Waals surface area contributed by atoms with Crippen molar-refractivity contribution >= 4 is 10.8 Å². The van der Waals surface area contributed by atoms with E-state index in [0.717, 1.165) is 30.9 Å². The largest absolute Gasteiger partial charge is 0.316 e. The van der Waals surface area contributed by atoms with E-state index in [1.165, 1.54) is 6.42 Å². The van der Waals surface area contributed by atoms with E-state index in [4.69, 9.17) is 0 Å². The highest BCUT2D eigenvalue weighted by Gasteiger charge is 2.18. The van der Waals surface area contributed by atoms with Crippen molar-refractivity contribution in [3.63, 3.8) is 0 Å². The highest BCUT2D eigenvalue weighted by Crippen LogP contribution is 2.14. The van der Waals surface area contributed by atoms with E-state index < -0.39 is 10.8 Å². The molecule has 5 heteroatoms. The van der Waals surface area contributed by atoms with Crippen LogP contribution in [-0.4, -0.2) is 33.0 Å². The van der Waals surface area contributed by atoms with E-state index in [9.17, 15) is 4.21 Å². The molecule has 2 heterocycles. The van der Waals surface area contributed by atoms with Crippen LogP contribution in [0.4, 0.5) is 0 Å². The van der Waals surface area contributed by atoms with Crippen LogP contribution in [0.3, 0.4) is 0 Å². The minimum Gasteiger partial charge on any atom is -0.316 e.